The number of hydrogen-bond donors (Lipinski definition) is 0. The van der Waals surface area contributed by atoms with Gasteiger partial charge in [-0.05, 0) is 12.1 Å². The van der Waals surface area contributed by atoms with E-state index in [1.54, 1.807) is 0 Å². The molecule has 1 heterocycles. The smallest absolute Gasteiger partial charge is 0.131 e. The summed E-state index contributed by atoms with van der Waals surface area (Å²) in [4.78, 5) is 0. The minimum Gasteiger partial charge on any atom is -0.336 e. The average Bonchev–Trinajstić information content (AvgIpc) is 2.56. The Labute approximate surface area is 126 Å². The first-order valence-corrected chi connectivity index (χ1v) is 8.20. The molecule has 2 nitrogen and oxygen atoms in total. The summed E-state index contributed by atoms with van der Waals surface area (Å²) >= 11 is 0. The lowest BCUT2D eigenvalue weighted by Crippen LogP contribution is -2.19. The third-order valence-corrected chi connectivity index (χ3v) is 5.21. The van der Waals surface area contributed by atoms with Crippen LogP contribution < -0.4 is 16.1 Å². The maximum Gasteiger partial charge on any atom is 0.131 e. The van der Waals surface area contributed by atoms with Gasteiger partial charge in [-0.15, -0.1) is 0 Å². The third-order valence-electron chi connectivity index (χ3n) is 3.23. The summed E-state index contributed by atoms with van der Waals surface area (Å²) < 4.78 is 7.08. The lowest BCUT2D eigenvalue weighted by atomic mass is 10.4. The van der Waals surface area contributed by atoms with Crippen molar-refractivity contribution in [3.63, 3.8) is 0 Å². The van der Waals surface area contributed by atoms with E-state index in [0.717, 1.165) is 5.49 Å². The second-order valence-electron chi connectivity index (χ2n) is 4.75. The molecule has 3 aromatic rings. The van der Waals surface area contributed by atoms with Crippen LogP contribution in [0.5, 0.6) is 0 Å². The predicted octanol–water partition coefficient (Wildman–Crippen LogP) is 2.97. The van der Waals surface area contributed by atoms with Gasteiger partial charge in [0.15, 0.2) is 0 Å². The molecule has 0 spiro atoms. The molecule has 0 saturated carbocycles. The van der Waals surface area contributed by atoms with Gasteiger partial charge in [-0.3, -0.25) is 0 Å². The van der Waals surface area contributed by atoms with Crippen molar-refractivity contribution in [2.45, 2.75) is 0 Å². The maximum absolute atomic E-state index is 5.03. The Morgan fingerprint density at radius 2 is 1.24 bits per heavy atom. The van der Waals surface area contributed by atoms with E-state index in [0.29, 0.717) is 0 Å². The van der Waals surface area contributed by atoms with Gasteiger partial charge in [0.25, 0.3) is 0 Å². The quantitative estimate of drug-likeness (QED) is 0.660. The molecular formula is C18H17N2P. The van der Waals surface area contributed by atoms with Crippen LogP contribution in [0.15, 0.2) is 89.8 Å². The first kappa shape index (κ1) is 13.8. The summed E-state index contributed by atoms with van der Waals surface area (Å²) in [5, 5.41) is 2.53. The zero-order valence-electron chi connectivity index (χ0n) is 11.9. The van der Waals surface area contributed by atoms with Crippen LogP contribution in [-0.4, -0.2) is 4.57 Å². The van der Waals surface area contributed by atoms with E-state index in [4.69, 9.17) is 4.76 Å². The molecule has 0 amide bonds. The van der Waals surface area contributed by atoms with Crippen LogP contribution in [0.25, 0.3) is 0 Å². The molecular weight excluding hydrogens is 275 g/mol. The lowest BCUT2D eigenvalue weighted by molar-refractivity contribution is 0.843. The summed E-state index contributed by atoms with van der Waals surface area (Å²) in [6.07, 6.45) is 2.03. The molecule has 0 bridgehead atoms. The van der Waals surface area contributed by atoms with Crippen molar-refractivity contribution in [3.8, 4) is 0 Å². The molecule has 21 heavy (non-hydrogen) atoms. The highest BCUT2D eigenvalue weighted by Gasteiger charge is 2.12. The normalized spacial score (nSPS) is 11.8. The van der Waals surface area contributed by atoms with Crippen molar-refractivity contribution >= 4 is 18.7 Å². The Balaban J connectivity index is 2.14. The average molecular weight is 292 g/mol. The molecule has 3 heteroatoms. The third kappa shape index (κ3) is 3.29. The van der Waals surface area contributed by atoms with E-state index in [1.165, 1.54) is 10.6 Å². The molecule has 1 aromatic heterocycles. The van der Waals surface area contributed by atoms with Crippen molar-refractivity contribution < 1.29 is 0 Å². The fraction of sp³-hybridized carbons (Fsp3) is 0.0556. The van der Waals surface area contributed by atoms with Crippen LogP contribution in [0.3, 0.4) is 0 Å². The molecule has 0 N–H and O–H groups in total. The van der Waals surface area contributed by atoms with Gasteiger partial charge in [-0.1, -0.05) is 66.7 Å². The Kier molecular flexibility index (Phi) is 4.28. The minimum atomic E-state index is -0.739. The van der Waals surface area contributed by atoms with Crippen LogP contribution in [-0.2, 0) is 7.05 Å². The minimum absolute atomic E-state index is 0.739. The molecule has 0 saturated heterocycles. The number of hydrogen-bond acceptors (Lipinski definition) is 1. The Bertz CT molecular complexity index is 724. The number of benzene rings is 2. The number of rotatable bonds is 3. The maximum atomic E-state index is 5.03. The van der Waals surface area contributed by atoms with Gasteiger partial charge in [0.1, 0.15) is 5.49 Å². The molecule has 0 atom stereocenters. The first-order valence-electron chi connectivity index (χ1n) is 6.91. The van der Waals surface area contributed by atoms with Gasteiger partial charge in [0.2, 0.25) is 0 Å². The second kappa shape index (κ2) is 6.51. The standard InChI is InChI=1S/C18H17N2P/c1-20-15-9-8-14-18(20)19-21(16-10-4-2-5-11-16)17-12-6-3-7-13-17/h2-15H,1H3/b19-18+. The molecule has 0 aliphatic carbocycles. The number of aryl methyl sites for hydroxylation is 1. The summed E-state index contributed by atoms with van der Waals surface area (Å²) in [7, 11) is 1.29. The molecule has 0 unspecified atom stereocenters. The second-order valence-corrected chi connectivity index (χ2v) is 6.61. The Morgan fingerprint density at radius 3 is 1.76 bits per heavy atom. The fourth-order valence-corrected chi connectivity index (χ4v) is 3.97. The van der Waals surface area contributed by atoms with Crippen molar-refractivity contribution in [3.05, 3.63) is 90.5 Å². The first-order chi connectivity index (χ1) is 10.3. The van der Waals surface area contributed by atoms with Gasteiger partial charge in [-0.2, -0.15) is 0 Å². The highest BCUT2D eigenvalue weighted by atomic mass is 31.1. The fourth-order valence-electron chi connectivity index (χ4n) is 2.12. The van der Waals surface area contributed by atoms with E-state index < -0.39 is 8.07 Å². The van der Waals surface area contributed by atoms with E-state index in [2.05, 4.69) is 59.2 Å². The Morgan fingerprint density at radius 1 is 0.714 bits per heavy atom. The molecule has 104 valence electrons. The largest absolute Gasteiger partial charge is 0.336 e. The monoisotopic (exact) mass is 292 g/mol. The zero-order valence-corrected chi connectivity index (χ0v) is 12.8. The SMILES string of the molecule is Cn1cccc/c1=N\P(c1ccccc1)c1ccccc1. The van der Waals surface area contributed by atoms with Crippen LogP contribution in [0.2, 0.25) is 0 Å². The van der Waals surface area contributed by atoms with Crippen LogP contribution >= 0.6 is 8.07 Å². The van der Waals surface area contributed by atoms with Gasteiger partial charge >= 0.3 is 0 Å². The highest BCUT2D eigenvalue weighted by Crippen LogP contribution is 2.33. The topological polar surface area (TPSA) is 17.3 Å². The van der Waals surface area contributed by atoms with Crippen molar-refractivity contribution in [1.29, 1.82) is 0 Å². The van der Waals surface area contributed by atoms with Gasteiger partial charge in [0.05, 0.1) is 8.07 Å². The van der Waals surface area contributed by atoms with Gasteiger partial charge in [0, 0.05) is 23.9 Å². The summed E-state index contributed by atoms with van der Waals surface area (Å²) in [6.45, 7) is 0. The number of aromatic nitrogens is 1. The number of pyridine rings is 1. The predicted molar refractivity (Wildman–Crippen MR) is 90.0 cm³/mol. The molecule has 0 fully saturated rings. The number of nitrogens with zero attached hydrogens (tertiary/aromatic N) is 2. The van der Waals surface area contributed by atoms with Crippen molar-refractivity contribution in [2.75, 3.05) is 0 Å². The highest BCUT2D eigenvalue weighted by molar-refractivity contribution is 7.71. The summed E-state index contributed by atoms with van der Waals surface area (Å²) in [6, 6.07) is 27.1. The molecule has 2 aromatic carbocycles. The molecule has 3 rings (SSSR count). The lowest BCUT2D eigenvalue weighted by Gasteiger charge is -2.13. The molecule has 0 aliphatic heterocycles. The van der Waals surface area contributed by atoms with Gasteiger partial charge < -0.3 is 4.57 Å². The van der Waals surface area contributed by atoms with Crippen LogP contribution in [0.4, 0.5) is 0 Å². The zero-order chi connectivity index (χ0) is 14.5. The Hall–Kier alpha value is -2.18. The van der Waals surface area contributed by atoms with Crippen molar-refractivity contribution in [2.24, 2.45) is 11.8 Å². The molecule has 0 aliphatic rings. The van der Waals surface area contributed by atoms with Gasteiger partial charge in [-0.25, -0.2) is 4.76 Å². The van der Waals surface area contributed by atoms with Crippen LogP contribution in [0, 0.1) is 0 Å². The molecule has 0 radical (unpaired) electrons. The van der Waals surface area contributed by atoms with E-state index in [9.17, 15) is 0 Å². The summed E-state index contributed by atoms with van der Waals surface area (Å²) in [5.41, 5.74) is 0.997. The summed E-state index contributed by atoms with van der Waals surface area (Å²) in [5.74, 6) is 0. The van der Waals surface area contributed by atoms with Crippen LogP contribution in [0.1, 0.15) is 0 Å². The van der Waals surface area contributed by atoms with Crippen molar-refractivity contribution in [1.82, 2.24) is 4.57 Å². The van der Waals surface area contributed by atoms with E-state index in [-0.39, 0.29) is 0 Å². The van der Waals surface area contributed by atoms with E-state index in [1.807, 2.05) is 37.5 Å². The van der Waals surface area contributed by atoms with E-state index >= 15 is 0 Å².